The summed E-state index contributed by atoms with van der Waals surface area (Å²) in [6, 6.07) is 6.24. The number of para-hydroxylation sites is 1. The van der Waals surface area contributed by atoms with Crippen LogP contribution in [0, 0.1) is 46.7 Å². The molecule has 0 radical (unpaired) electrons. The van der Waals surface area contributed by atoms with Gasteiger partial charge in [0.2, 0.25) is 11.8 Å². The number of piperazine rings is 1. The molecule has 2 aromatic heterocycles. The molecule has 25 heteroatoms. The second-order valence-electron chi connectivity index (χ2n) is 22.5. The maximum Gasteiger partial charge on any atom is 0.405 e. The number of carboxylic acid groups (broad SMARTS) is 2. The summed E-state index contributed by atoms with van der Waals surface area (Å²) in [6.07, 6.45) is 1.83. The van der Waals surface area contributed by atoms with Gasteiger partial charge in [0.05, 0.1) is 46.2 Å². The van der Waals surface area contributed by atoms with E-state index in [2.05, 4.69) is 20.6 Å². The summed E-state index contributed by atoms with van der Waals surface area (Å²) in [6.45, 7) is 2.34. The van der Waals surface area contributed by atoms with E-state index in [4.69, 9.17) is 19.4 Å². The highest BCUT2D eigenvalue weighted by atomic mass is 19.2. The van der Waals surface area contributed by atoms with E-state index in [1.807, 2.05) is 0 Å². The Morgan fingerprint density at radius 1 is 0.518 bits per heavy atom. The SMILES string of the molecule is O=C(O)N[C@H](C(=O)N1CCC[C@H]1c1nc2cc(F)c([C@H]3CC[C@H](c4cc5[nH]c([C@@H]6CCCN6C(=O)[C@@H](NC(=O)O)C6CCOCC6)nc5cc4F)N3c3cc(F)c(N4CCN(c5c(F)cccc5F)CC4)c(F)c3)cc2[nH]1)C1CCOCC1. The molecule has 6 fully saturated rings. The second kappa shape index (κ2) is 23.1. The Bertz CT molecular complexity index is 3250. The number of nitrogens with zero attached hydrogens (tertiary/aromatic N) is 7. The van der Waals surface area contributed by atoms with Crippen molar-refractivity contribution in [2.24, 2.45) is 11.8 Å². The lowest BCUT2D eigenvalue weighted by Crippen LogP contribution is -2.52. The van der Waals surface area contributed by atoms with Crippen molar-refractivity contribution in [2.75, 3.05) is 80.4 Å². The fraction of sp³-hybridized carbons (Fsp3) is 0.483. The largest absolute Gasteiger partial charge is 0.465 e. The number of imidazole rings is 2. The number of carbonyl (C=O) groups is 4. The van der Waals surface area contributed by atoms with Gasteiger partial charge < -0.3 is 64.8 Å². The number of anilines is 3. The molecule has 6 aromatic rings. The highest BCUT2D eigenvalue weighted by Gasteiger charge is 2.44. The molecule has 6 aliphatic rings. The van der Waals surface area contributed by atoms with Gasteiger partial charge in [-0.1, -0.05) is 6.07 Å². The molecule has 0 aliphatic carbocycles. The van der Waals surface area contributed by atoms with Crippen LogP contribution in [0.4, 0.5) is 53.0 Å². The molecule has 83 heavy (non-hydrogen) atoms. The lowest BCUT2D eigenvalue weighted by atomic mass is 9.90. The quantitative estimate of drug-likeness (QED) is 0.0594. The van der Waals surface area contributed by atoms with Crippen LogP contribution in [-0.4, -0.2) is 142 Å². The van der Waals surface area contributed by atoms with Gasteiger partial charge in [-0.25, -0.2) is 45.9 Å². The zero-order valence-electron chi connectivity index (χ0n) is 45.2. The van der Waals surface area contributed by atoms with Crippen LogP contribution in [0.3, 0.4) is 0 Å². The Kier molecular flexibility index (Phi) is 15.5. The molecule has 0 spiro atoms. The third-order valence-electron chi connectivity index (χ3n) is 17.8. The molecule has 0 unspecified atom stereocenters. The van der Waals surface area contributed by atoms with Gasteiger partial charge in [0, 0.05) is 94.6 Å². The minimum absolute atomic E-state index is 0.00970. The van der Waals surface area contributed by atoms with Gasteiger partial charge in [-0.3, -0.25) is 9.59 Å². The summed E-state index contributed by atoms with van der Waals surface area (Å²) in [4.78, 5) is 76.2. The number of carbonyl (C=O) groups excluding carboxylic acids is 2. The number of benzene rings is 4. The predicted octanol–water partition coefficient (Wildman–Crippen LogP) is 9.14. The minimum Gasteiger partial charge on any atom is -0.465 e. The number of fused-ring (bicyclic) bond motifs is 2. The number of amides is 4. The predicted molar refractivity (Wildman–Crippen MR) is 291 cm³/mol. The fourth-order valence-electron chi connectivity index (χ4n) is 13.8. The number of halogens is 6. The number of hydrogen-bond acceptors (Lipinski definition) is 11. The van der Waals surface area contributed by atoms with Crippen molar-refractivity contribution in [1.29, 1.82) is 0 Å². The normalized spacial score (nSPS) is 22.7. The summed E-state index contributed by atoms with van der Waals surface area (Å²) >= 11 is 0. The summed E-state index contributed by atoms with van der Waals surface area (Å²) in [7, 11) is 0. The smallest absolute Gasteiger partial charge is 0.405 e. The fourth-order valence-corrected chi connectivity index (χ4v) is 13.8. The van der Waals surface area contributed by atoms with Crippen LogP contribution in [-0.2, 0) is 19.1 Å². The van der Waals surface area contributed by atoms with Gasteiger partial charge in [-0.05, 0) is 112 Å². The lowest BCUT2D eigenvalue weighted by Gasteiger charge is -2.38. The zero-order chi connectivity index (χ0) is 57.8. The highest BCUT2D eigenvalue weighted by molar-refractivity contribution is 5.87. The Labute approximate surface area is 472 Å². The Morgan fingerprint density at radius 2 is 0.928 bits per heavy atom. The van der Waals surface area contributed by atoms with E-state index in [0.717, 1.165) is 24.3 Å². The third-order valence-corrected chi connectivity index (χ3v) is 17.8. The topological polar surface area (TPSA) is 225 Å². The molecule has 8 heterocycles. The standard InChI is InChI=1S/C58H63F6N11O8/c59-35-4-1-5-36(60)51(35)71-16-18-72(19-17-71)52-39(63)24-32(25-40(52)64)75-45(33-26-41-43(28-37(33)61)67-53(65-41)47-6-2-14-73(47)55(76)49(69-57(78)79)30-10-20-82-21-11-30)8-9-46(75)34-27-42-44(29-38(34)62)68-54(66-42)48-7-3-15-74(48)56(77)50(70-58(80)81)31-12-22-83-23-13-31/h1,4-5,24-31,45-50,69-70H,2-3,6-23H2,(H,65,67)(H,66,68)(H,78,79)(H,80,81)/t45-,46-,47+,48+,49+,50+/m1/s1. The van der Waals surface area contributed by atoms with Crippen LogP contribution >= 0.6 is 0 Å². The highest BCUT2D eigenvalue weighted by Crippen LogP contribution is 2.50. The number of ether oxygens (including phenoxy) is 2. The maximum absolute atomic E-state index is 17.1. The molecule has 0 saturated carbocycles. The number of nitrogens with one attached hydrogen (secondary N) is 4. The molecule has 6 saturated heterocycles. The van der Waals surface area contributed by atoms with Gasteiger partial charge in [0.15, 0.2) is 11.6 Å². The van der Waals surface area contributed by atoms with E-state index >= 15 is 17.6 Å². The van der Waals surface area contributed by atoms with Crippen molar-refractivity contribution in [1.82, 2.24) is 40.4 Å². The molecule has 6 aliphatic heterocycles. The first-order chi connectivity index (χ1) is 40.1. The van der Waals surface area contributed by atoms with Crippen molar-refractivity contribution in [2.45, 2.75) is 100 Å². The molecular weight excluding hydrogens is 1090 g/mol. The molecule has 12 rings (SSSR count). The minimum atomic E-state index is -1.33. The molecule has 0 bridgehead atoms. The number of H-pyrrole nitrogens is 2. The zero-order valence-corrected chi connectivity index (χ0v) is 45.2. The monoisotopic (exact) mass is 1160 g/mol. The summed E-state index contributed by atoms with van der Waals surface area (Å²) in [5, 5.41) is 24.4. The van der Waals surface area contributed by atoms with Crippen LogP contribution in [0.2, 0.25) is 0 Å². The molecule has 6 atom stereocenters. The van der Waals surface area contributed by atoms with Gasteiger partial charge in [0.1, 0.15) is 58.4 Å². The second-order valence-corrected chi connectivity index (χ2v) is 22.5. The number of aromatic amines is 2. The van der Waals surface area contributed by atoms with Crippen molar-refractivity contribution in [3.8, 4) is 0 Å². The van der Waals surface area contributed by atoms with Crippen LogP contribution < -0.4 is 25.3 Å². The average Bonchev–Trinajstić information content (AvgIpc) is 3.80. The lowest BCUT2D eigenvalue weighted by molar-refractivity contribution is -0.137. The first-order valence-electron chi connectivity index (χ1n) is 28.4. The van der Waals surface area contributed by atoms with Crippen molar-refractivity contribution in [3.05, 3.63) is 112 Å². The first kappa shape index (κ1) is 55.7. The van der Waals surface area contributed by atoms with Crippen molar-refractivity contribution < 1.29 is 65.2 Å². The van der Waals surface area contributed by atoms with Gasteiger partial charge >= 0.3 is 12.2 Å². The van der Waals surface area contributed by atoms with Gasteiger partial charge in [-0.15, -0.1) is 0 Å². The molecule has 4 aromatic carbocycles. The Balaban J connectivity index is 0.875. The van der Waals surface area contributed by atoms with Crippen LogP contribution in [0.25, 0.3) is 22.1 Å². The molecule has 440 valence electrons. The number of rotatable bonds is 13. The van der Waals surface area contributed by atoms with Crippen molar-refractivity contribution >= 4 is 63.1 Å². The Morgan fingerprint density at radius 3 is 1.34 bits per heavy atom. The van der Waals surface area contributed by atoms with Crippen molar-refractivity contribution in [3.63, 3.8) is 0 Å². The van der Waals surface area contributed by atoms with Gasteiger partial charge in [-0.2, -0.15) is 0 Å². The van der Waals surface area contributed by atoms with E-state index in [-0.39, 0.29) is 90.1 Å². The Hall–Kier alpha value is -7.80. The molecule has 6 N–H and O–H groups in total. The third kappa shape index (κ3) is 10.8. The average molecular weight is 1160 g/mol. The first-order valence-corrected chi connectivity index (χ1v) is 28.4. The number of likely N-dealkylation sites (tertiary alicyclic amines) is 2. The van der Waals surface area contributed by atoms with Crippen LogP contribution in [0.5, 0.6) is 0 Å². The van der Waals surface area contributed by atoms with E-state index in [1.165, 1.54) is 28.0 Å². The summed E-state index contributed by atoms with van der Waals surface area (Å²) in [5.74, 6) is -5.54. The number of hydrogen-bond donors (Lipinski definition) is 6. The van der Waals surface area contributed by atoms with E-state index in [1.54, 1.807) is 26.8 Å². The molecule has 19 nitrogen and oxygen atoms in total. The van der Waals surface area contributed by atoms with Gasteiger partial charge in [0.25, 0.3) is 0 Å². The van der Waals surface area contributed by atoms with E-state index < -0.39 is 95.2 Å². The van der Waals surface area contributed by atoms with E-state index in [9.17, 15) is 38.2 Å². The number of aromatic nitrogens is 4. The maximum atomic E-state index is 17.1. The molecular formula is C58H63F6N11O8. The summed E-state index contributed by atoms with van der Waals surface area (Å²) in [5.41, 5.74) is 0.822. The van der Waals surface area contributed by atoms with Crippen LogP contribution in [0.1, 0.15) is 111 Å². The van der Waals surface area contributed by atoms with E-state index in [0.29, 0.717) is 114 Å². The van der Waals surface area contributed by atoms with Crippen LogP contribution in [0.15, 0.2) is 54.6 Å². The molecule has 4 amide bonds. The summed E-state index contributed by atoms with van der Waals surface area (Å²) < 4.78 is 108.